The van der Waals surface area contributed by atoms with Crippen LogP contribution in [0.15, 0.2) is 77.0 Å². The van der Waals surface area contributed by atoms with Crippen LogP contribution in [-0.4, -0.2) is 44.4 Å². The number of carbonyl (C=O) groups is 3. The average Bonchev–Trinajstić information content (AvgIpc) is 3.00. The summed E-state index contributed by atoms with van der Waals surface area (Å²) in [4.78, 5) is 37.2. The van der Waals surface area contributed by atoms with Crippen LogP contribution in [0, 0.1) is 5.82 Å². The first-order valence-electron chi connectivity index (χ1n) is 13.4. The van der Waals surface area contributed by atoms with Gasteiger partial charge in [0, 0.05) is 21.8 Å². The van der Waals surface area contributed by atoms with Crippen LogP contribution in [0.3, 0.4) is 0 Å². The van der Waals surface area contributed by atoms with Crippen molar-refractivity contribution in [3.05, 3.63) is 99.5 Å². The largest absolute Gasteiger partial charge is 0.493 e. The van der Waals surface area contributed by atoms with Crippen LogP contribution >= 0.6 is 11.6 Å². The number of amides is 3. The van der Waals surface area contributed by atoms with Crippen LogP contribution in [-0.2, 0) is 20.9 Å². The third-order valence-electron chi connectivity index (χ3n) is 6.35. The Labute approximate surface area is 258 Å². The fourth-order valence-electron chi connectivity index (χ4n) is 4.28. The van der Waals surface area contributed by atoms with Crippen molar-refractivity contribution in [1.29, 1.82) is 0 Å². The van der Waals surface area contributed by atoms with Gasteiger partial charge in [-0.3, -0.25) is 4.79 Å². The van der Waals surface area contributed by atoms with Gasteiger partial charge in [0.15, 0.2) is 18.1 Å². The van der Waals surface area contributed by atoms with E-state index in [9.17, 15) is 18.8 Å². The molecule has 0 saturated carbocycles. The summed E-state index contributed by atoms with van der Waals surface area (Å²) in [5.41, 5.74) is 4.37. The standard InChI is InChI=1S/C31H30ClFN4O7/c1-4-42-30(39)28-18(2)35-31(40)36-29(28)19-9-11-25(26(14-19)41-3)44-17-27(38)37-34-15-21-13-22(32)10-12-24(21)43-16-20-7-5-6-8-23(20)33/h5-15,29H,4,16-17H2,1-3H3,(H,37,38)(H2,35,36,40)/b34-15+/t29-/m1/s1. The molecule has 1 heterocycles. The third-order valence-corrected chi connectivity index (χ3v) is 6.59. The van der Waals surface area contributed by atoms with Crippen molar-refractivity contribution in [2.75, 3.05) is 20.3 Å². The first kappa shape index (κ1) is 31.8. The lowest BCUT2D eigenvalue weighted by molar-refractivity contribution is -0.139. The van der Waals surface area contributed by atoms with Crippen molar-refractivity contribution in [3.63, 3.8) is 0 Å². The van der Waals surface area contributed by atoms with Gasteiger partial charge in [-0.2, -0.15) is 5.10 Å². The molecule has 0 bridgehead atoms. The molecule has 0 spiro atoms. The molecule has 1 atom stereocenters. The summed E-state index contributed by atoms with van der Waals surface area (Å²) in [6, 6.07) is 14.6. The van der Waals surface area contributed by atoms with Crippen molar-refractivity contribution in [2.24, 2.45) is 5.10 Å². The van der Waals surface area contributed by atoms with Crippen LogP contribution in [0.1, 0.15) is 36.6 Å². The SMILES string of the molecule is CCOC(=O)C1=C(C)NC(=O)N[C@@H]1c1ccc(OCC(=O)N/N=C/c2cc(Cl)ccc2OCc2ccccc2F)c(OC)c1. The Morgan fingerprint density at radius 2 is 1.84 bits per heavy atom. The number of carbonyl (C=O) groups excluding carboxylic acids is 3. The van der Waals surface area contributed by atoms with Crippen LogP contribution < -0.4 is 30.3 Å². The second-order valence-electron chi connectivity index (χ2n) is 9.35. The lowest BCUT2D eigenvalue weighted by Crippen LogP contribution is -2.45. The highest BCUT2D eigenvalue weighted by atomic mass is 35.5. The van der Waals surface area contributed by atoms with Gasteiger partial charge in [0.2, 0.25) is 0 Å². The fourth-order valence-corrected chi connectivity index (χ4v) is 4.46. The smallest absolute Gasteiger partial charge is 0.338 e. The van der Waals surface area contributed by atoms with Gasteiger partial charge in [-0.15, -0.1) is 0 Å². The van der Waals surface area contributed by atoms with Crippen molar-refractivity contribution in [2.45, 2.75) is 26.5 Å². The highest BCUT2D eigenvalue weighted by Gasteiger charge is 2.32. The highest BCUT2D eigenvalue weighted by Crippen LogP contribution is 2.34. The molecule has 1 aliphatic rings. The van der Waals surface area contributed by atoms with Gasteiger partial charge >= 0.3 is 12.0 Å². The number of methoxy groups -OCH3 is 1. The summed E-state index contributed by atoms with van der Waals surface area (Å²) in [6.45, 7) is 3.05. The number of rotatable bonds is 12. The predicted molar refractivity (Wildman–Crippen MR) is 160 cm³/mol. The summed E-state index contributed by atoms with van der Waals surface area (Å²) >= 11 is 6.11. The monoisotopic (exact) mass is 624 g/mol. The van der Waals surface area contributed by atoms with Gasteiger partial charge in [0.05, 0.1) is 31.5 Å². The van der Waals surface area contributed by atoms with E-state index < -0.39 is 30.6 Å². The summed E-state index contributed by atoms with van der Waals surface area (Å²) in [6.07, 6.45) is 1.35. The van der Waals surface area contributed by atoms with Gasteiger partial charge in [0.1, 0.15) is 18.2 Å². The molecular formula is C31H30ClFN4O7. The number of ether oxygens (including phenoxy) is 4. The van der Waals surface area contributed by atoms with Crippen molar-refractivity contribution < 1.29 is 37.7 Å². The average molecular weight is 625 g/mol. The van der Waals surface area contributed by atoms with E-state index in [1.165, 1.54) is 19.4 Å². The van der Waals surface area contributed by atoms with E-state index in [4.69, 9.17) is 30.5 Å². The molecule has 0 fully saturated rings. The van der Waals surface area contributed by atoms with Gasteiger partial charge in [-0.05, 0) is 55.8 Å². The topological polar surface area (TPSA) is 137 Å². The van der Waals surface area contributed by atoms with Crippen LogP contribution in [0.5, 0.6) is 17.2 Å². The molecule has 3 aromatic carbocycles. The number of esters is 1. The van der Waals surface area contributed by atoms with E-state index in [0.717, 1.165) is 0 Å². The second kappa shape index (κ2) is 14.9. The third kappa shape index (κ3) is 8.04. The minimum Gasteiger partial charge on any atom is -0.493 e. The Morgan fingerprint density at radius 1 is 1.07 bits per heavy atom. The Bertz CT molecular complexity index is 1610. The lowest BCUT2D eigenvalue weighted by Gasteiger charge is -2.28. The van der Waals surface area contributed by atoms with Gasteiger partial charge < -0.3 is 29.6 Å². The zero-order valence-corrected chi connectivity index (χ0v) is 24.9. The highest BCUT2D eigenvalue weighted by molar-refractivity contribution is 6.30. The van der Waals surface area contributed by atoms with E-state index in [2.05, 4.69) is 21.2 Å². The Kier molecular flexibility index (Phi) is 10.8. The fraction of sp³-hybridized carbons (Fsp3) is 0.226. The van der Waals surface area contributed by atoms with Crippen LogP contribution in [0.2, 0.25) is 5.02 Å². The maximum absolute atomic E-state index is 14.0. The van der Waals surface area contributed by atoms with Crippen LogP contribution in [0.25, 0.3) is 0 Å². The van der Waals surface area contributed by atoms with Crippen molar-refractivity contribution >= 4 is 35.7 Å². The molecule has 1 aliphatic heterocycles. The first-order chi connectivity index (χ1) is 21.2. The summed E-state index contributed by atoms with van der Waals surface area (Å²) in [5, 5.41) is 9.67. The Balaban J connectivity index is 1.39. The molecule has 0 unspecified atom stereocenters. The molecule has 3 N–H and O–H groups in total. The molecular weight excluding hydrogens is 595 g/mol. The maximum Gasteiger partial charge on any atom is 0.338 e. The molecule has 0 radical (unpaired) electrons. The Hall–Kier alpha value is -5.10. The summed E-state index contributed by atoms with van der Waals surface area (Å²) < 4.78 is 35.9. The molecule has 44 heavy (non-hydrogen) atoms. The molecule has 0 aliphatic carbocycles. The first-order valence-corrected chi connectivity index (χ1v) is 13.8. The van der Waals surface area contributed by atoms with Crippen molar-refractivity contribution in [1.82, 2.24) is 16.1 Å². The number of benzene rings is 3. The van der Waals surface area contributed by atoms with Crippen molar-refractivity contribution in [3.8, 4) is 17.2 Å². The number of hydrazone groups is 1. The van der Waals surface area contributed by atoms with Crippen LogP contribution in [0.4, 0.5) is 9.18 Å². The van der Waals surface area contributed by atoms with E-state index in [1.54, 1.807) is 68.4 Å². The lowest BCUT2D eigenvalue weighted by atomic mass is 9.95. The normalized spacial score (nSPS) is 14.5. The summed E-state index contributed by atoms with van der Waals surface area (Å²) in [7, 11) is 1.42. The van der Waals surface area contributed by atoms with E-state index in [0.29, 0.717) is 33.2 Å². The molecule has 0 saturated heterocycles. The number of urea groups is 1. The quantitative estimate of drug-likeness (QED) is 0.150. The number of hydrogen-bond donors (Lipinski definition) is 3. The number of nitrogens with zero attached hydrogens (tertiary/aromatic N) is 1. The Morgan fingerprint density at radius 3 is 2.59 bits per heavy atom. The van der Waals surface area contributed by atoms with E-state index >= 15 is 0 Å². The van der Waals surface area contributed by atoms with E-state index in [-0.39, 0.29) is 36.1 Å². The molecule has 230 valence electrons. The molecule has 4 rings (SSSR count). The molecule has 11 nitrogen and oxygen atoms in total. The van der Waals surface area contributed by atoms with E-state index in [1.807, 2.05) is 0 Å². The van der Waals surface area contributed by atoms with Gasteiger partial charge in [-0.25, -0.2) is 19.4 Å². The number of halogens is 2. The number of hydrogen-bond acceptors (Lipinski definition) is 8. The number of nitrogens with one attached hydrogen (secondary N) is 3. The minimum absolute atomic E-state index is 0.0139. The molecule has 0 aromatic heterocycles. The second-order valence-corrected chi connectivity index (χ2v) is 9.78. The summed E-state index contributed by atoms with van der Waals surface area (Å²) in [5.74, 6) is -0.632. The van der Waals surface area contributed by atoms with Gasteiger partial charge in [-0.1, -0.05) is 35.9 Å². The molecule has 13 heteroatoms. The minimum atomic E-state index is -0.796. The maximum atomic E-state index is 14.0. The zero-order chi connectivity index (χ0) is 31.6. The molecule has 3 aromatic rings. The number of allylic oxidation sites excluding steroid dienone is 1. The van der Waals surface area contributed by atoms with Gasteiger partial charge in [0.25, 0.3) is 5.91 Å². The zero-order valence-electron chi connectivity index (χ0n) is 24.1. The predicted octanol–water partition coefficient (Wildman–Crippen LogP) is 4.79. The molecule has 3 amide bonds.